The number of rotatable bonds is 8. The van der Waals surface area contributed by atoms with Crippen LogP contribution in [-0.4, -0.2) is 15.6 Å². The minimum atomic E-state index is -0.852. The quantitative estimate of drug-likeness (QED) is 0.465. The van der Waals surface area contributed by atoms with E-state index in [1.165, 1.54) is 25.7 Å². The maximum atomic E-state index is 5.80. The number of hydrogen-bond donors (Lipinski definition) is 0. The van der Waals surface area contributed by atoms with Gasteiger partial charge in [-0.25, -0.2) is 0 Å². The molecule has 0 bridgehead atoms. The zero-order valence-electron chi connectivity index (χ0n) is 12.4. The summed E-state index contributed by atoms with van der Waals surface area (Å²) in [4.78, 5) is 0. The van der Waals surface area contributed by atoms with Gasteiger partial charge in [-0.2, -0.15) is 0 Å². The Hall–Kier alpha value is -0.263. The van der Waals surface area contributed by atoms with Gasteiger partial charge in [-0.15, -0.1) is 5.92 Å². The molecule has 0 saturated heterocycles. The highest BCUT2D eigenvalue weighted by molar-refractivity contribution is 6.48. The third kappa shape index (κ3) is 10.6. The Bertz CT molecular complexity index is 227. The van der Waals surface area contributed by atoms with E-state index in [0.717, 1.165) is 13.0 Å². The summed E-state index contributed by atoms with van der Waals surface area (Å²) in [5.41, 5.74) is 0. The topological polar surface area (TPSA) is 9.23 Å². The molecule has 2 unspecified atom stereocenters. The van der Waals surface area contributed by atoms with Crippen LogP contribution >= 0.6 is 0 Å². The maximum Gasteiger partial charge on any atom is 0.170 e. The van der Waals surface area contributed by atoms with Crippen LogP contribution in [0.5, 0.6) is 0 Å². The summed E-state index contributed by atoms with van der Waals surface area (Å²) < 4.78 is 5.80. The van der Waals surface area contributed by atoms with Crippen molar-refractivity contribution in [1.29, 1.82) is 0 Å². The first-order valence-electron chi connectivity index (χ1n) is 7.20. The molecule has 0 rings (SSSR count). The molecular weight excluding hydrogens is 224 g/mol. The van der Waals surface area contributed by atoms with Gasteiger partial charge in [0.25, 0.3) is 0 Å². The van der Waals surface area contributed by atoms with E-state index < -0.39 is 9.04 Å². The Morgan fingerprint density at radius 3 is 2.47 bits per heavy atom. The summed E-state index contributed by atoms with van der Waals surface area (Å²) in [6.45, 7) is 12.1. The molecule has 0 aliphatic rings. The van der Waals surface area contributed by atoms with Crippen molar-refractivity contribution >= 4 is 9.04 Å². The Kier molecular flexibility index (Phi) is 10.7. The SMILES string of the molecule is CCC#CC(CCCC)CC(C)CO[SiH](C)C. The predicted molar refractivity (Wildman–Crippen MR) is 79.7 cm³/mol. The normalized spacial score (nSPS) is 14.2. The van der Waals surface area contributed by atoms with E-state index in [9.17, 15) is 0 Å². The number of unbranched alkanes of at least 4 members (excludes halogenated alkanes) is 1. The lowest BCUT2D eigenvalue weighted by Crippen LogP contribution is -2.16. The molecule has 2 heteroatoms. The smallest absolute Gasteiger partial charge is 0.170 e. The second-order valence-electron chi connectivity index (χ2n) is 5.24. The summed E-state index contributed by atoms with van der Waals surface area (Å²) in [7, 11) is -0.852. The van der Waals surface area contributed by atoms with Gasteiger partial charge < -0.3 is 4.43 Å². The van der Waals surface area contributed by atoms with Crippen LogP contribution in [0.15, 0.2) is 0 Å². The summed E-state index contributed by atoms with van der Waals surface area (Å²) >= 11 is 0. The molecule has 0 saturated carbocycles. The molecule has 0 spiro atoms. The first-order chi connectivity index (χ1) is 8.10. The molecular formula is C15H30OSi. The molecule has 100 valence electrons. The van der Waals surface area contributed by atoms with Gasteiger partial charge in [0, 0.05) is 18.9 Å². The van der Waals surface area contributed by atoms with Crippen molar-refractivity contribution in [2.45, 2.75) is 66.0 Å². The lowest BCUT2D eigenvalue weighted by Gasteiger charge is -2.18. The maximum absolute atomic E-state index is 5.80. The van der Waals surface area contributed by atoms with Crippen LogP contribution < -0.4 is 0 Å². The summed E-state index contributed by atoms with van der Waals surface area (Å²) in [5, 5.41) is 0. The summed E-state index contributed by atoms with van der Waals surface area (Å²) in [5.74, 6) is 7.91. The minimum Gasteiger partial charge on any atom is -0.420 e. The van der Waals surface area contributed by atoms with Crippen LogP contribution in [-0.2, 0) is 4.43 Å². The van der Waals surface area contributed by atoms with Crippen LogP contribution in [0.2, 0.25) is 13.1 Å². The Morgan fingerprint density at radius 2 is 1.94 bits per heavy atom. The van der Waals surface area contributed by atoms with Crippen molar-refractivity contribution in [3.8, 4) is 11.8 Å². The molecule has 0 N–H and O–H groups in total. The van der Waals surface area contributed by atoms with Crippen LogP contribution in [0, 0.1) is 23.7 Å². The van der Waals surface area contributed by atoms with E-state index >= 15 is 0 Å². The molecule has 1 nitrogen and oxygen atoms in total. The lowest BCUT2D eigenvalue weighted by atomic mass is 9.92. The molecule has 0 aromatic carbocycles. The van der Waals surface area contributed by atoms with Gasteiger partial charge in [0.2, 0.25) is 0 Å². The van der Waals surface area contributed by atoms with Crippen molar-refractivity contribution in [3.63, 3.8) is 0 Å². The van der Waals surface area contributed by atoms with Crippen LogP contribution in [0.1, 0.15) is 52.9 Å². The fraction of sp³-hybridized carbons (Fsp3) is 0.867. The molecule has 0 aromatic heterocycles. The minimum absolute atomic E-state index is 0.585. The standard InChI is InChI=1S/C15H30OSi/c1-6-8-10-15(11-9-7-2)12-14(3)13-16-17(4)5/h14-15,17H,6-8,10,12-13H2,1-5H3. The molecule has 0 radical (unpaired) electrons. The summed E-state index contributed by atoms with van der Waals surface area (Å²) in [6.07, 6.45) is 6.01. The fourth-order valence-corrected chi connectivity index (χ4v) is 2.57. The Labute approximate surface area is 110 Å². The van der Waals surface area contributed by atoms with Crippen molar-refractivity contribution < 1.29 is 4.43 Å². The number of hydrogen-bond acceptors (Lipinski definition) is 1. The third-order valence-electron chi connectivity index (χ3n) is 2.79. The van der Waals surface area contributed by atoms with Gasteiger partial charge in [-0.3, -0.25) is 0 Å². The zero-order chi connectivity index (χ0) is 13.1. The predicted octanol–water partition coefficient (Wildman–Crippen LogP) is 4.23. The highest BCUT2D eigenvalue weighted by Gasteiger charge is 2.11. The highest BCUT2D eigenvalue weighted by Crippen LogP contribution is 2.18. The van der Waals surface area contributed by atoms with Crippen LogP contribution in [0.3, 0.4) is 0 Å². The van der Waals surface area contributed by atoms with Gasteiger partial charge in [0.05, 0.1) is 0 Å². The molecule has 0 heterocycles. The van der Waals surface area contributed by atoms with Gasteiger partial charge in [0.15, 0.2) is 9.04 Å². The highest BCUT2D eigenvalue weighted by atomic mass is 28.3. The van der Waals surface area contributed by atoms with Gasteiger partial charge in [0.1, 0.15) is 0 Å². The monoisotopic (exact) mass is 254 g/mol. The molecule has 0 aliphatic carbocycles. The molecule has 0 amide bonds. The van der Waals surface area contributed by atoms with E-state index in [1.807, 2.05) is 0 Å². The van der Waals surface area contributed by atoms with Crippen LogP contribution in [0.25, 0.3) is 0 Å². The van der Waals surface area contributed by atoms with Crippen molar-refractivity contribution in [2.75, 3.05) is 6.61 Å². The van der Waals surface area contributed by atoms with E-state index in [0.29, 0.717) is 11.8 Å². The van der Waals surface area contributed by atoms with E-state index in [1.54, 1.807) is 0 Å². The van der Waals surface area contributed by atoms with Crippen molar-refractivity contribution in [2.24, 2.45) is 11.8 Å². The second kappa shape index (κ2) is 10.9. The van der Waals surface area contributed by atoms with Crippen molar-refractivity contribution in [1.82, 2.24) is 0 Å². The van der Waals surface area contributed by atoms with Gasteiger partial charge >= 0.3 is 0 Å². The first kappa shape index (κ1) is 16.7. The molecule has 17 heavy (non-hydrogen) atoms. The van der Waals surface area contributed by atoms with E-state index in [2.05, 4.69) is 45.7 Å². The molecule has 2 atom stereocenters. The largest absolute Gasteiger partial charge is 0.420 e. The fourth-order valence-electron chi connectivity index (χ4n) is 1.86. The van der Waals surface area contributed by atoms with E-state index in [-0.39, 0.29) is 0 Å². The molecule has 0 fully saturated rings. The molecule has 0 aliphatic heterocycles. The summed E-state index contributed by atoms with van der Waals surface area (Å²) in [6, 6.07) is 0. The average molecular weight is 254 g/mol. The lowest BCUT2D eigenvalue weighted by molar-refractivity contribution is 0.243. The van der Waals surface area contributed by atoms with Gasteiger partial charge in [-0.1, -0.05) is 39.5 Å². The second-order valence-corrected chi connectivity index (χ2v) is 7.67. The van der Waals surface area contributed by atoms with Crippen LogP contribution in [0.4, 0.5) is 0 Å². The van der Waals surface area contributed by atoms with E-state index in [4.69, 9.17) is 4.43 Å². The van der Waals surface area contributed by atoms with Gasteiger partial charge in [-0.05, 0) is 31.9 Å². The zero-order valence-corrected chi connectivity index (χ0v) is 13.5. The Morgan fingerprint density at radius 1 is 1.24 bits per heavy atom. The first-order valence-corrected chi connectivity index (χ1v) is 9.98. The average Bonchev–Trinajstić information content (AvgIpc) is 2.30. The third-order valence-corrected chi connectivity index (χ3v) is 3.65. The Balaban J connectivity index is 4.02. The molecule has 0 aromatic rings. The van der Waals surface area contributed by atoms with Crippen molar-refractivity contribution in [3.05, 3.63) is 0 Å².